The summed E-state index contributed by atoms with van der Waals surface area (Å²) >= 11 is 0. The molecule has 0 aliphatic rings. The lowest BCUT2D eigenvalue weighted by Gasteiger charge is -2.16. The summed E-state index contributed by atoms with van der Waals surface area (Å²) in [5.74, 6) is 2.51. The first-order valence-corrected chi connectivity index (χ1v) is 6.93. The molecule has 0 bridgehead atoms. The summed E-state index contributed by atoms with van der Waals surface area (Å²) in [5.41, 5.74) is 3.08. The number of hydrogen-bond acceptors (Lipinski definition) is 5. The van der Waals surface area contributed by atoms with E-state index in [0.29, 0.717) is 6.54 Å². The van der Waals surface area contributed by atoms with E-state index in [1.165, 1.54) is 0 Å². The zero-order chi connectivity index (χ0) is 15.4. The van der Waals surface area contributed by atoms with Crippen LogP contribution in [0.25, 0.3) is 0 Å². The van der Waals surface area contributed by atoms with Gasteiger partial charge in [-0.2, -0.15) is 0 Å². The topological polar surface area (TPSA) is 56.5 Å². The van der Waals surface area contributed by atoms with Crippen LogP contribution in [0.1, 0.15) is 35.5 Å². The number of methoxy groups -OCH3 is 2. The molecule has 1 N–H and O–H groups in total. The highest BCUT2D eigenvalue weighted by Crippen LogP contribution is 2.26. The number of aromatic nitrogens is 1. The molecule has 1 aromatic carbocycles. The maximum Gasteiger partial charge on any atom is 0.138 e. The monoisotopic (exact) mass is 290 g/mol. The quantitative estimate of drug-likeness (QED) is 0.885. The normalized spacial score (nSPS) is 12.2. The van der Waals surface area contributed by atoms with Gasteiger partial charge in [0.05, 0.1) is 19.9 Å². The minimum Gasteiger partial charge on any atom is -0.497 e. The van der Waals surface area contributed by atoms with Crippen molar-refractivity contribution in [2.24, 2.45) is 0 Å². The van der Waals surface area contributed by atoms with Gasteiger partial charge in [0.15, 0.2) is 0 Å². The van der Waals surface area contributed by atoms with Crippen LogP contribution in [0, 0.1) is 13.8 Å². The summed E-state index contributed by atoms with van der Waals surface area (Å²) in [4.78, 5) is 0. The molecular formula is C16H22N2O3. The average Bonchev–Trinajstić information content (AvgIpc) is 2.83. The van der Waals surface area contributed by atoms with Crippen molar-refractivity contribution >= 4 is 0 Å². The van der Waals surface area contributed by atoms with Gasteiger partial charge in [-0.25, -0.2) is 0 Å². The molecule has 2 aromatic rings. The van der Waals surface area contributed by atoms with Crippen molar-refractivity contribution in [3.8, 4) is 11.5 Å². The van der Waals surface area contributed by atoms with E-state index in [1.54, 1.807) is 14.2 Å². The van der Waals surface area contributed by atoms with Crippen molar-refractivity contribution in [2.75, 3.05) is 14.2 Å². The average molecular weight is 290 g/mol. The van der Waals surface area contributed by atoms with Gasteiger partial charge in [0.25, 0.3) is 0 Å². The van der Waals surface area contributed by atoms with Crippen molar-refractivity contribution in [3.63, 3.8) is 0 Å². The molecule has 1 unspecified atom stereocenters. The van der Waals surface area contributed by atoms with Crippen molar-refractivity contribution in [2.45, 2.75) is 33.4 Å². The van der Waals surface area contributed by atoms with Crippen molar-refractivity contribution in [1.82, 2.24) is 10.5 Å². The lowest BCUT2D eigenvalue weighted by atomic mass is 10.1. The van der Waals surface area contributed by atoms with Gasteiger partial charge in [0, 0.05) is 23.7 Å². The molecule has 0 spiro atoms. The number of aryl methyl sites for hydroxylation is 2. The van der Waals surface area contributed by atoms with Crippen LogP contribution in [0.3, 0.4) is 0 Å². The van der Waals surface area contributed by atoms with Crippen LogP contribution in [0.5, 0.6) is 11.5 Å². The maximum absolute atomic E-state index is 5.39. The maximum atomic E-state index is 5.39. The Bertz CT molecular complexity index is 588. The van der Waals surface area contributed by atoms with Crippen LogP contribution in [-0.2, 0) is 6.54 Å². The first kappa shape index (κ1) is 15.4. The highest BCUT2D eigenvalue weighted by Gasteiger charge is 2.16. The van der Waals surface area contributed by atoms with E-state index in [1.807, 2.05) is 32.0 Å². The van der Waals surface area contributed by atoms with Gasteiger partial charge in [0.1, 0.15) is 17.3 Å². The molecule has 5 nitrogen and oxygen atoms in total. The minimum absolute atomic E-state index is 0.146. The molecule has 0 amide bonds. The molecule has 2 rings (SSSR count). The minimum atomic E-state index is 0.146. The highest BCUT2D eigenvalue weighted by molar-refractivity contribution is 5.40. The van der Waals surface area contributed by atoms with Gasteiger partial charge in [-0.05, 0) is 39.0 Å². The van der Waals surface area contributed by atoms with Crippen LogP contribution in [0.2, 0.25) is 0 Å². The molecule has 5 heteroatoms. The summed E-state index contributed by atoms with van der Waals surface area (Å²) in [6, 6.07) is 5.93. The fraction of sp³-hybridized carbons (Fsp3) is 0.438. The fourth-order valence-corrected chi connectivity index (χ4v) is 2.49. The van der Waals surface area contributed by atoms with Crippen LogP contribution in [0.4, 0.5) is 0 Å². The summed E-state index contributed by atoms with van der Waals surface area (Å²) in [6.07, 6.45) is 0. The second kappa shape index (κ2) is 6.63. The second-order valence-corrected chi connectivity index (χ2v) is 5.02. The highest BCUT2D eigenvalue weighted by atomic mass is 16.5. The zero-order valence-electron chi connectivity index (χ0n) is 13.2. The first-order valence-electron chi connectivity index (χ1n) is 6.93. The molecule has 0 aliphatic carbocycles. The van der Waals surface area contributed by atoms with E-state index in [2.05, 4.69) is 17.4 Å². The molecule has 0 aliphatic heterocycles. The molecule has 0 radical (unpaired) electrons. The number of ether oxygens (including phenoxy) is 2. The lowest BCUT2D eigenvalue weighted by molar-refractivity contribution is 0.389. The Morgan fingerprint density at radius 2 is 2.00 bits per heavy atom. The first-order chi connectivity index (χ1) is 10.1. The van der Waals surface area contributed by atoms with Gasteiger partial charge in [-0.1, -0.05) is 5.16 Å². The van der Waals surface area contributed by atoms with Crippen LogP contribution >= 0.6 is 0 Å². The molecule has 0 fully saturated rings. The van der Waals surface area contributed by atoms with Gasteiger partial charge < -0.3 is 19.3 Å². The predicted octanol–water partition coefficient (Wildman–Crippen LogP) is 3.16. The second-order valence-electron chi connectivity index (χ2n) is 5.02. The van der Waals surface area contributed by atoms with Crippen LogP contribution < -0.4 is 14.8 Å². The van der Waals surface area contributed by atoms with Gasteiger partial charge in [-0.3, -0.25) is 0 Å². The number of nitrogens with zero attached hydrogens (tertiary/aromatic N) is 1. The van der Waals surface area contributed by atoms with E-state index >= 15 is 0 Å². The van der Waals surface area contributed by atoms with Crippen LogP contribution in [0.15, 0.2) is 22.7 Å². The zero-order valence-corrected chi connectivity index (χ0v) is 13.2. The summed E-state index contributed by atoms with van der Waals surface area (Å²) in [7, 11) is 3.33. The standard InChI is InChI=1S/C16H22N2O3/c1-10(16-11(2)18-21-12(16)3)17-9-13-8-14(19-4)6-7-15(13)20-5/h6-8,10,17H,9H2,1-5H3. The number of nitrogens with one attached hydrogen (secondary N) is 1. The van der Waals surface area contributed by atoms with E-state index in [-0.39, 0.29) is 6.04 Å². The lowest BCUT2D eigenvalue weighted by Crippen LogP contribution is -2.19. The molecule has 1 aromatic heterocycles. The number of hydrogen-bond donors (Lipinski definition) is 1. The van der Waals surface area contributed by atoms with E-state index in [4.69, 9.17) is 14.0 Å². The molecule has 0 saturated carbocycles. The SMILES string of the molecule is COc1ccc(OC)c(CNC(C)c2c(C)noc2C)c1. The number of rotatable bonds is 6. The molecule has 1 atom stereocenters. The third-order valence-electron chi connectivity index (χ3n) is 3.61. The van der Waals surface area contributed by atoms with Gasteiger partial charge in [0.2, 0.25) is 0 Å². The molecule has 114 valence electrons. The molecule has 21 heavy (non-hydrogen) atoms. The largest absolute Gasteiger partial charge is 0.497 e. The van der Waals surface area contributed by atoms with Crippen molar-refractivity contribution in [1.29, 1.82) is 0 Å². The fourth-order valence-electron chi connectivity index (χ4n) is 2.49. The van der Waals surface area contributed by atoms with Crippen molar-refractivity contribution < 1.29 is 14.0 Å². The van der Waals surface area contributed by atoms with E-state index in [0.717, 1.165) is 34.1 Å². The Morgan fingerprint density at radius 3 is 2.57 bits per heavy atom. The summed E-state index contributed by atoms with van der Waals surface area (Å²) in [6.45, 7) is 6.65. The van der Waals surface area contributed by atoms with Gasteiger partial charge >= 0.3 is 0 Å². The van der Waals surface area contributed by atoms with Crippen molar-refractivity contribution in [3.05, 3.63) is 40.8 Å². The Hall–Kier alpha value is -2.01. The van der Waals surface area contributed by atoms with E-state index < -0.39 is 0 Å². The Labute approximate surface area is 125 Å². The molecule has 0 saturated heterocycles. The molecule has 1 heterocycles. The third-order valence-corrected chi connectivity index (χ3v) is 3.61. The molecular weight excluding hydrogens is 268 g/mol. The Kier molecular flexibility index (Phi) is 4.85. The van der Waals surface area contributed by atoms with Gasteiger partial charge in [-0.15, -0.1) is 0 Å². The summed E-state index contributed by atoms with van der Waals surface area (Å²) in [5, 5.41) is 7.47. The van der Waals surface area contributed by atoms with Crippen LogP contribution in [-0.4, -0.2) is 19.4 Å². The summed E-state index contributed by atoms with van der Waals surface area (Å²) < 4.78 is 15.9. The smallest absolute Gasteiger partial charge is 0.138 e. The van der Waals surface area contributed by atoms with E-state index in [9.17, 15) is 0 Å². The predicted molar refractivity (Wildman–Crippen MR) is 80.8 cm³/mol. The Morgan fingerprint density at radius 1 is 1.24 bits per heavy atom. The Balaban J connectivity index is 2.12. The third kappa shape index (κ3) is 3.36. The number of benzene rings is 1.